The van der Waals surface area contributed by atoms with Gasteiger partial charge in [0.15, 0.2) is 0 Å². The molecular weight excluding hydrogens is 365 g/mol. The van der Waals surface area contributed by atoms with Crippen molar-refractivity contribution in [2.45, 2.75) is 39.2 Å². The number of hydrogen-bond acceptors (Lipinski definition) is 5. The van der Waals surface area contributed by atoms with Crippen LogP contribution in [0.25, 0.3) is 22.0 Å². The first-order valence-electron chi connectivity index (χ1n) is 10.3. The second kappa shape index (κ2) is 7.95. The molecule has 1 aromatic heterocycles. The average molecular weight is 394 g/mol. The molecule has 5 nitrogen and oxygen atoms in total. The van der Waals surface area contributed by atoms with Crippen molar-refractivity contribution < 1.29 is 4.39 Å². The van der Waals surface area contributed by atoms with Crippen LogP contribution in [0.3, 0.4) is 0 Å². The van der Waals surface area contributed by atoms with Crippen LogP contribution >= 0.6 is 0 Å². The summed E-state index contributed by atoms with van der Waals surface area (Å²) in [5.41, 5.74) is 10.7. The smallest absolute Gasteiger partial charge is 0.223 e. The summed E-state index contributed by atoms with van der Waals surface area (Å²) < 4.78 is 14.6. The van der Waals surface area contributed by atoms with Crippen LogP contribution in [0.15, 0.2) is 30.5 Å². The van der Waals surface area contributed by atoms with Gasteiger partial charge in [0.2, 0.25) is 5.95 Å². The summed E-state index contributed by atoms with van der Waals surface area (Å²) in [6, 6.07) is 7.42. The van der Waals surface area contributed by atoms with Gasteiger partial charge in [-0.25, -0.2) is 14.4 Å². The molecule has 0 amide bonds. The molecule has 0 unspecified atom stereocenters. The molecular formula is C23H28FN5. The van der Waals surface area contributed by atoms with Crippen LogP contribution in [0.1, 0.15) is 30.9 Å². The molecule has 3 aromatic rings. The number of anilines is 2. The number of aryl methyl sites for hydroxylation is 1. The summed E-state index contributed by atoms with van der Waals surface area (Å²) in [6.07, 6.45) is 4.82. The zero-order chi connectivity index (χ0) is 20.5. The fraction of sp³-hybridized carbons (Fsp3) is 0.391. The van der Waals surface area contributed by atoms with E-state index in [0.717, 1.165) is 59.9 Å². The highest BCUT2D eigenvalue weighted by molar-refractivity contribution is 5.89. The molecule has 1 fully saturated rings. The Morgan fingerprint density at radius 3 is 2.72 bits per heavy atom. The first kappa shape index (κ1) is 19.6. The van der Waals surface area contributed by atoms with E-state index in [2.05, 4.69) is 29.2 Å². The fourth-order valence-electron chi connectivity index (χ4n) is 4.09. The SMILES string of the molecule is CCc1cc(-c2c(F)ccc(N)c2C)cc2cnc(NC3CCN(C)CC3)nc12. The molecule has 2 heterocycles. The molecule has 1 saturated heterocycles. The average Bonchev–Trinajstić information content (AvgIpc) is 2.72. The summed E-state index contributed by atoms with van der Waals surface area (Å²) in [5.74, 6) is 0.403. The van der Waals surface area contributed by atoms with Crippen molar-refractivity contribution in [3.8, 4) is 11.1 Å². The van der Waals surface area contributed by atoms with E-state index in [1.54, 1.807) is 6.07 Å². The van der Waals surface area contributed by atoms with E-state index in [-0.39, 0.29) is 5.82 Å². The third-order valence-electron chi connectivity index (χ3n) is 5.94. The van der Waals surface area contributed by atoms with Gasteiger partial charge in [0.25, 0.3) is 0 Å². The zero-order valence-electron chi connectivity index (χ0n) is 17.3. The normalized spacial score (nSPS) is 15.7. The minimum atomic E-state index is -0.264. The van der Waals surface area contributed by atoms with Crippen molar-refractivity contribution in [1.29, 1.82) is 0 Å². The quantitative estimate of drug-likeness (QED) is 0.643. The first-order valence-corrected chi connectivity index (χ1v) is 10.3. The van der Waals surface area contributed by atoms with Gasteiger partial charge in [0, 0.05) is 28.9 Å². The number of benzene rings is 2. The monoisotopic (exact) mass is 393 g/mol. The van der Waals surface area contributed by atoms with Crippen molar-refractivity contribution in [3.05, 3.63) is 47.4 Å². The van der Waals surface area contributed by atoms with Gasteiger partial charge in [0.05, 0.1) is 5.52 Å². The molecule has 0 spiro atoms. The summed E-state index contributed by atoms with van der Waals surface area (Å²) in [5, 5.41) is 4.40. The molecule has 4 rings (SSSR count). The van der Waals surface area contributed by atoms with Gasteiger partial charge in [-0.05, 0) is 87.3 Å². The van der Waals surface area contributed by atoms with Gasteiger partial charge in [-0.15, -0.1) is 0 Å². The van der Waals surface area contributed by atoms with Crippen molar-refractivity contribution in [2.75, 3.05) is 31.2 Å². The highest BCUT2D eigenvalue weighted by Crippen LogP contribution is 2.33. The van der Waals surface area contributed by atoms with Crippen molar-refractivity contribution >= 4 is 22.5 Å². The highest BCUT2D eigenvalue weighted by atomic mass is 19.1. The number of nitrogens with zero attached hydrogens (tertiary/aromatic N) is 3. The second-order valence-electron chi connectivity index (χ2n) is 7.98. The molecule has 0 saturated carbocycles. The van der Waals surface area contributed by atoms with E-state index in [1.165, 1.54) is 6.07 Å². The molecule has 0 atom stereocenters. The topological polar surface area (TPSA) is 67.1 Å². The lowest BCUT2D eigenvalue weighted by Gasteiger charge is -2.29. The standard InChI is InChI=1S/C23H28FN5/c1-4-15-11-16(21-14(2)20(25)6-5-19(21)24)12-17-13-26-23(28-22(15)17)27-18-7-9-29(3)10-8-18/h5-6,11-13,18H,4,7-10,25H2,1-3H3,(H,26,27,28). The lowest BCUT2D eigenvalue weighted by Crippen LogP contribution is -2.37. The predicted octanol–water partition coefficient (Wildman–Crippen LogP) is 4.40. The second-order valence-corrected chi connectivity index (χ2v) is 7.98. The Kier molecular flexibility index (Phi) is 5.37. The van der Waals surface area contributed by atoms with Crippen LogP contribution < -0.4 is 11.1 Å². The lowest BCUT2D eigenvalue weighted by molar-refractivity contribution is 0.263. The maximum Gasteiger partial charge on any atom is 0.223 e. The molecule has 2 aromatic carbocycles. The summed E-state index contributed by atoms with van der Waals surface area (Å²) in [6.45, 7) is 6.11. The Labute approximate surface area is 171 Å². The molecule has 0 bridgehead atoms. The molecule has 1 aliphatic heterocycles. The van der Waals surface area contributed by atoms with Gasteiger partial charge in [-0.1, -0.05) is 6.92 Å². The van der Waals surface area contributed by atoms with E-state index in [9.17, 15) is 4.39 Å². The number of halogens is 1. The van der Waals surface area contributed by atoms with E-state index in [0.29, 0.717) is 23.2 Å². The van der Waals surface area contributed by atoms with Crippen LogP contribution in [-0.2, 0) is 6.42 Å². The first-order chi connectivity index (χ1) is 14.0. The predicted molar refractivity (Wildman–Crippen MR) is 118 cm³/mol. The molecule has 0 radical (unpaired) electrons. The molecule has 0 aliphatic carbocycles. The Morgan fingerprint density at radius 2 is 2.00 bits per heavy atom. The number of nitrogen functional groups attached to an aromatic ring is 1. The maximum absolute atomic E-state index is 14.6. The Hall–Kier alpha value is -2.73. The van der Waals surface area contributed by atoms with Gasteiger partial charge in [-0.3, -0.25) is 0 Å². The summed E-state index contributed by atoms with van der Waals surface area (Å²) in [7, 11) is 2.15. The van der Waals surface area contributed by atoms with E-state index >= 15 is 0 Å². The zero-order valence-corrected chi connectivity index (χ0v) is 17.3. The van der Waals surface area contributed by atoms with Gasteiger partial charge in [0.1, 0.15) is 5.82 Å². The van der Waals surface area contributed by atoms with Gasteiger partial charge >= 0.3 is 0 Å². The third-order valence-corrected chi connectivity index (χ3v) is 5.94. The molecule has 152 valence electrons. The van der Waals surface area contributed by atoms with Gasteiger partial charge in [-0.2, -0.15) is 0 Å². The number of rotatable bonds is 4. The number of nitrogens with two attached hydrogens (primary N) is 1. The largest absolute Gasteiger partial charge is 0.398 e. The van der Waals surface area contributed by atoms with Crippen molar-refractivity contribution in [1.82, 2.24) is 14.9 Å². The van der Waals surface area contributed by atoms with Crippen molar-refractivity contribution in [3.63, 3.8) is 0 Å². The van der Waals surface area contributed by atoms with Crippen molar-refractivity contribution in [2.24, 2.45) is 0 Å². The Bertz CT molecular complexity index is 1040. The summed E-state index contributed by atoms with van der Waals surface area (Å²) in [4.78, 5) is 11.7. The molecule has 3 N–H and O–H groups in total. The summed E-state index contributed by atoms with van der Waals surface area (Å²) >= 11 is 0. The molecule has 29 heavy (non-hydrogen) atoms. The molecule has 1 aliphatic rings. The maximum atomic E-state index is 14.6. The number of hydrogen-bond donors (Lipinski definition) is 2. The molecule has 6 heteroatoms. The third kappa shape index (κ3) is 3.90. The van der Waals surface area contributed by atoms with E-state index in [4.69, 9.17) is 10.7 Å². The minimum Gasteiger partial charge on any atom is -0.398 e. The lowest BCUT2D eigenvalue weighted by atomic mass is 9.94. The number of aromatic nitrogens is 2. The van der Waals surface area contributed by atoms with E-state index < -0.39 is 0 Å². The number of fused-ring (bicyclic) bond motifs is 1. The number of nitrogens with one attached hydrogen (secondary N) is 1. The minimum absolute atomic E-state index is 0.264. The van der Waals surface area contributed by atoms with Crippen LogP contribution in [0.2, 0.25) is 0 Å². The van der Waals surface area contributed by atoms with Crippen LogP contribution in [0, 0.1) is 12.7 Å². The van der Waals surface area contributed by atoms with Crippen LogP contribution in [0.4, 0.5) is 16.0 Å². The number of likely N-dealkylation sites (tertiary alicyclic amines) is 1. The highest BCUT2D eigenvalue weighted by Gasteiger charge is 2.18. The Balaban J connectivity index is 1.72. The number of piperidine rings is 1. The van der Waals surface area contributed by atoms with Crippen LogP contribution in [0.5, 0.6) is 0 Å². The fourth-order valence-corrected chi connectivity index (χ4v) is 4.09. The van der Waals surface area contributed by atoms with Gasteiger partial charge < -0.3 is 16.0 Å². The van der Waals surface area contributed by atoms with E-state index in [1.807, 2.05) is 25.3 Å². The Morgan fingerprint density at radius 1 is 1.24 bits per heavy atom. The van der Waals surface area contributed by atoms with Crippen LogP contribution in [-0.4, -0.2) is 41.0 Å².